The van der Waals surface area contributed by atoms with E-state index < -0.39 is 5.82 Å². The third-order valence-electron chi connectivity index (χ3n) is 2.99. The lowest BCUT2D eigenvalue weighted by Gasteiger charge is -2.28. The van der Waals surface area contributed by atoms with Gasteiger partial charge in [-0.25, -0.2) is 4.39 Å². The highest BCUT2D eigenvalue weighted by atomic mass is 19.1. The summed E-state index contributed by atoms with van der Waals surface area (Å²) in [6.07, 6.45) is 0.828. The third-order valence-corrected chi connectivity index (χ3v) is 2.99. The summed E-state index contributed by atoms with van der Waals surface area (Å²) in [5.74, 6) is -0.190. The van der Waals surface area contributed by atoms with Crippen molar-refractivity contribution in [3.05, 3.63) is 17.9 Å². The van der Waals surface area contributed by atoms with Crippen LogP contribution < -0.4 is 15.4 Å². The first-order chi connectivity index (χ1) is 9.01. The van der Waals surface area contributed by atoms with Crippen LogP contribution >= 0.6 is 0 Å². The zero-order chi connectivity index (χ0) is 14.4. The van der Waals surface area contributed by atoms with Crippen molar-refractivity contribution in [2.24, 2.45) is 0 Å². The van der Waals surface area contributed by atoms with Gasteiger partial charge in [0.05, 0.1) is 24.6 Å². The summed E-state index contributed by atoms with van der Waals surface area (Å²) in [7, 11) is 3.55. The van der Waals surface area contributed by atoms with Crippen LogP contribution in [0.1, 0.15) is 20.3 Å². The lowest BCUT2D eigenvalue weighted by atomic mass is 10.2. The van der Waals surface area contributed by atoms with E-state index in [1.165, 1.54) is 6.07 Å². The van der Waals surface area contributed by atoms with Gasteiger partial charge >= 0.3 is 0 Å². The van der Waals surface area contributed by atoms with E-state index in [4.69, 9.17) is 15.2 Å². The number of anilines is 2. The number of nitrogen functional groups attached to an aromatic ring is 1. The monoisotopic (exact) mass is 270 g/mol. The fraction of sp³-hybridized carbons (Fsp3) is 0.571. The topological polar surface area (TPSA) is 47.7 Å². The molecule has 1 atom stereocenters. The number of nitrogens with two attached hydrogens (primary N) is 1. The van der Waals surface area contributed by atoms with Gasteiger partial charge in [0.2, 0.25) is 0 Å². The summed E-state index contributed by atoms with van der Waals surface area (Å²) in [4.78, 5) is 1.96. The Morgan fingerprint density at radius 2 is 2.11 bits per heavy atom. The number of hydrogen-bond donors (Lipinski definition) is 1. The highest BCUT2D eigenvalue weighted by Crippen LogP contribution is 2.31. The summed E-state index contributed by atoms with van der Waals surface area (Å²) >= 11 is 0. The molecule has 0 aliphatic carbocycles. The molecule has 0 saturated carbocycles. The summed E-state index contributed by atoms with van der Waals surface area (Å²) in [5.41, 5.74) is 7.02. The van der Waals surface area contributed by atoms with E-state index in [-0.39, 0.29) is 11.8 Å². The summed E-state index contributed by atoms with van der Waals surface area (Å²) in [6, 6.07) is 3.08. The molecule has 1 aromatic carbocycles. The van der Waals surface area contributed by atoms with Gasteiger partial charge in [-0.3, -0.25) is 0 Å². The maximum absolute atomic E-state index is 13.7. The first-order valence-electron chi connectivity index (χ1n) is 6.44. The molecule has 1 unspecified atom stereocenters. The molecule has 0 aliphatic heterocycles. The van der Waals surface area contributed by atoms with Crippen molar-refractivity contribution in [3.63, 3.8) is 0 Å². The van der Waals surface area contributed by atoms with Crippen molar-refractivity contribution >= 4 is 11.4 Å². The molecule has 1 aromatic rings. The number of likely N-dealkylation sites (N-methyl/N-ethyl adjacent to an activating group) is 1. The molecule has 1 rings (SSSR count). The van der Waals surface area contributed by atoms with E-state index in [1.807, 2.05) is 25.8 Å². The molecule has 0 radical (unpaired) electrons. The standard InChI is InChI=1S/C14H23FN2O2/c1-5-6-19-14-8-13(12(16)7-11(14)15)17(3)10(2)9-18-4/h7-8,10H,5-6,9,16H2,1-4H3. The Morgan fingerprint density at radius 3 is 2.68 bits per heavy atom. The molecule has 0 fully saturated rings. The number of halogens is 1. The van der Waals surface area contributed by atoms with Gasteiger partial charge in [-0.15, -0.1) is 0 Å². The first-order valence-corrected chi connectivity index (χ1v) is 6.44. The van der Waals surface area contributed by atoms with Crippen LogP contribution in [0.3, 0.4) is 0 Å². The second-order valence-electron chi connectivity index (χ2n) is 4.61. The maximum Gasteiger partial charge on any atom is 0.167 e. The number of nitrogens with zero attached hydrogens (tertiary/aromatic N) is 1. The van der Waals surface area contributed by atoms with Gasteiger partial charge in [0.25, 0.3) is 0 Å². The third kappa shape index (κ3) is 3.99. The number of benzene rings is 1. The Bertz CT molecular complexity index is 413. The van der Waals surface area contributed by atoms with Crippen LogP contribution in [-0.2, 0) is 4.74 Å². The summed E-state index contributed by atoms with van der Waals surface area (Å²) in [6.45, 7) is 5.04. The second-order valence-corrected chi connectivity index (χ2v) is 4.61. The Labute approximate surface area is 114 Å². The van der Waals surface area contributed by atoms with Gasteiger partial charge in [-0.2, -0.15) is 0 Å². The predicted octanol–water partition coefficient (Wildman–Crippen LogP) is 2.67. The molecule has 0 bridgehead atoms. The van der Waals surface area contributed by atoms with Gasteiger partial charge in [0.1, 0.15) is 0 Å². The Kier molecular flexibility index (Phi) is 5.89. The highest BCUT2D eigenvalue weighted by Gasteiger charge is 2.16. The zero-order valence-electron chi connectivity index (χ0n) is 12.1. The molecule has 0 heterocycles. The molecule has 2 N–H and O–H groups in total. The smallest absolute Gasteiger partial charge is 0.167 e. The van der Waals surface area contributed by atoms with Crippen LogP contribution in [0.5, 0.6) is 5.75 Å². The molecule has 108 valence electrons. The van der Waals surface area contributed by atoms with Crippen molar-refractivity contribution < 1.29 is 13.9 Å². The summed E-state index contributed by atoms with van der Waals surface area (Å²) in [5, 5.41) is 0. The minimum absolute atomic E-state index is 0.136. The average molecular weight is 270 g/mol. The van der Waals surface area contributed by atoms with Crippen LogP contribution in [0, 0.1) is 5.82 Å². The molecule has 0 saturated heterocycles. The van der Waals surface area contributed by atoms with Crippen molar-refractivity contribution in [2.75, 3.05) is 38.0 Å². The highest BCUT2D eigenvalue weighted by molar-refractivity contribution is 5.70. The molecule has 19 heavy (non-hydrogen) atoms. The molecule has 0 aliphatic rings. The van der Waals surface area contributed by atoms with E-state index >= 15 is 0 Å². The Morgan fingerprint density at radius 1 is 1.42 bits per heavy atom. The van der Waals surface area contributed by atoms with E-state index in [2.05, 4.69) is 0 Å². The van der Waals surface area contributed by atoms with Crippen molar-refractivity contribution in [1.29, 1.82) is 0 Å². The average Bonchev–Trinajstić information content (AvgIpc) is 2.37. The van der Waals surface area contributed by atoms with E-state index in [1.54, 1.807) is 13.2 Å². The van der Waals surface area contributed by atoms with Gasteiger partial charge in [-0.1, -0.05) is 6.92 Å². The van der Waals surface area contributed by atoms with E-state index in [9.17, 15) is 4.39 Å². The largest absolute Gasteiger partial charge is 0.490 e. The molecule has 0 aromatic heterocycles. The fourth-order valence-electron chi connectivity index (χ4n) is 1.78. The molecular weight excluding hydrogens is 247 g/mol. The van der Waals surface area contributed by atoms with Crippen LogP contribution in [0.4, 0.5) is 15.8 Å². The molecule has 0 amide bonds. The van der Waals surface area contributed by atoms with Gasteiger partial charge < -0.3 is 20.1 Å². The SMILES string of the molecule is CCCOc1cc(N(C)C(C)COC)c(N)cc1F. The van der Waals surface area contributed by atoms with Crippen LogP contribution in [-0.4, -0.2) is 33.4 Å². The van der Waals surface area contributed by atoms with Crippen molar-refractivity contribution in [3.8, 4) is 5.75 Å². The van der Waals surface area contributed by atoms with Crippen LogP contribution in [0.25, 0.3) is 0 Å². The van der Waals surface area contributed by atoms with E-state index in [0.29, 0.717) is 18.9 Å². The second kappa shape index (κ2) is 7.19. The van der Waals surface area contributed by atoms with Crippen molar-refractivity contribution in [2.45, 2.75) is 26.3 Å². The minimum atomic E-state index is -0.428. The first kappa shape index (κ1) is 15.6. The predicted molar refractivity (Wildman–Crippen MR) is 76.3 cm³/mol. The fourth-order valence-corrected chi connectivity index (χ4v) is 1.78. The lowest BCUT2D eigenvalue weighted by Crippen LogP contribution is -2.33. The summed E-state index contributed by atoms with van der Waals surface area (Å²) < 4.78 is 24.2. The van der Waals surface area contributed by atoms with Crippen LogP contribution in [0.15, 0.2) is 12.1 Å². The minimum Gasteiger partial charge on any atom is -0.490 e. The molecule has 4 nitrogen and oxygen atoms in total. The zero-order valence-corrected chi connectivity index (χ0v) is 12.1. The van der Waals surface area contributed by atoms with Crippen molar-refractivity contribution in [1.82, 2.24) is 0 Å². The number of ether oxygens (including phenoxy) is 2. The molecular formula is C14H23FN2O2. The van der Waals surface area contributed by atoms with Crippen LogP contribution in [0.2, 0.25) is 0 Å². The van der Waals surface area contributed by atoms with Gasteiger partial charge in [0.15, 0.2) is 11.6 Å². The number of rotatable bonds is 7. The Hall–Kier alpha value is -1.49. The maximum atomic E-state index is 13.7. The molecule has 0 spiro atoms. The molecule has 5 heteroatoms. The lowest BCUT2D eigenvalue weighted by molar-refractivity contribution is 0.183. The van der Waals surface area contributed by atoms with E-state index in [0.717, 1.165) is 12.1 Å². The Balaban J connectivity index is 2.99. The quantitative estimate of drug-likeness (QED) is 0.774. The number of hydrogen-bond acceptors (Lipinski definition) is 4. The number of methoxy groups -OCH3 is 1. The van der Waals surface area contributed by atoms with Gasteiger partial charge in [-0.05, 0) is 13.3 Å². The van der Waals surface area contributed by atoms with Gasteiger partial charge in [0, 0.05) is 32.3 Å². The normalized spacial score (nSPS) is 12.3.